The Morgan fingerprint density at radius 1 is 1.05 bits per heavy atom. The van der Waals surface area contributed by atoms with Crippen LogP contribution in [0, 0.1) is 5.82 Å². The van der Waals surface area contributed by atoms with Crippen molar-refractivity contribution >= 4 is 0 Å². The molecule has 2 aromatic carbocycles. The first-order valence-electron chi connectivity index (χ1n) is 7.80. The molecule has 112 valence electrons. The molecular formula is C19H24FN. The summed E-state index contributed by atoms with van der Waals surface area (Å²) in [6, 6.07) is 15.7. The Bertz CT molecular complexity index is 565. The normalized spacial score (nSPS) is 12.3. The van der Waals surface area contributed by atoms with E-state index in [4.69, 9.17) is 0 Å². The zero-order valence-corrected chi connectivity index (χ0v) is 12.9. The number of benzene rings is 2. The topological polar surface area (TPSA) is 12.0 Å². The van der Waals surface area contributed by atoms with E-state index in [1.54, 1.807) is 12.1 Å². The fourth-order valence-electron chi connectivity index (χ4n) is 2.71. The Morgan fingerprint density at radius 2 is 1.86 bits per heavy atom. The van der Waals surface area contributed by atoms with Gasteiger partial charge in [0.15, 0.2) is 0 Å². The van der Waals surface area contributed by atoms with E-state index in [0.29, 0.717) is 0 Å². The van der Waals surface area contributed by atoms with E-state index in [0.717, 1.165) is 31.4 Å². The van der Waals surface area contributed by atoms with Crippen molar-refractivity contribution in [1.82, 2.24) is 5.32 Å². The van der Waals surface area contributed by atoms with Crippen LogP contribution in [-0.2, 0) is 12.8 Å². The van der Waals surface area contributed by atoms with Crippen LogP contribution in [0.25, 0.3) is 0 Å². The van der Waals surface area contributed by atoms with Crippen LogP contribution in [0.5, 0.6) is 0 Å². The summed E-state index contributed by atoms with van der Waals surface area (Å²) in [6.45, 7) is 5.31. The highest BCUT2D eigenvalue weighted by Crippen LogP contribution is 2.23. The summed E-state index contributed by atoms with van der Waals surface area (Å²) >= 11 is 0. The van der Waals surface area contributed by atoms with Crippen LogP contribution < -0.4 is 5.32 Å². The van der Waals surface area contributed by atoms with Gasteiger partial charge in [0.1, 0.15) is 5.82 Å². The highest BCUT2D eigenvalue weighted by Gasteiger charge is 2.14. The molecule has 2 heteroatoms. The van der Waals surface area contributed by atoms with Crippen LogP contribution in [0.2, 0.25) is 0 Å². The molecule has 1 N–H and O–H groups in total. The van der Waals surface area contributed by atoms with Crippen molar-refractivity contribution in [1.29, 1.82) is 0 Å². The van der Waals surface area contributed by atoms with Crippen LogP contribution in [-0.4, -0.2) is 6.54 Å². The second-order valence-electron chi connectivity index (χ2n) is 5.39. The first-order chi connectivity index (χ1) is 10.2. The minimum atomic E-state index is -0.162. The van der Waals surface area contributed by atoms with E-state index in [1.807, 2.05) is 6.07 Å². The molecule has 0 heterocycles. The van der Waals surface area contributed by atoms with Gasteiger partial charge in [0, 0.05) is 6.04 Å². The number of hydrogen-bond acceptors (Lipinski definition) is 1. The molecule has 0 saturated heterocycles. The summed E-state index contributed by atoms with van der Waals surface area (Å²) in [6.07, 6.45) is 2.92. The van der Waals surface area contributed by atoms with Crippen molar-refractivity contribution in [3.63, 3.8) is 0 Å². The summed E-state index contributed by atoms with van der Waals surface area (Å²) in [5.74, 6) is -0.162. The minimum absolute atomic E-state index is 0.162. The molecule has 0 aromatic heterocycles. The first kappa shape index (κ1) is 15.7. The lowest BCUT2D eigenvalue weighted by atomic mass is 9.93. The fraction of sp³-hybridized carbons (Fsp3) is 0.368. The standard InChI is InChI=1S/C19H24FN/c1-3-12-21-19(14-15-8-7-10-17(20)13-15)18-11-6-5-9-16(18)4-2/h5-11,13,19,21H,3-4,12,14H2,1-2H3. The van der Waals surface area contributed by atoms with Gasteiger partial charge in [-0.3, -0.25) is 0 Å². The van der Waals surface area contributed by atoms with Crippen LogP contribution >= 0.6 is 0 Å². The summed E-state index contributed by atoms with van der Waals surface area (Å²) in [5.41, 5.74) is 3.73. The van der Waals surface area contributed by atoms with E-state index in [2.05, 4.69) is 43.4 Å². The van der Waals surface area contributed by atoms with Crippen molar-refractivity contribution in [2.24, 2.45) is 0 Å². The Kier molecular flexibility index (Phi) is 5.94. The van der Waals surface area contributed by atoms with E-state index < -0.39 is 0 Å². The lowest BCUT2D eigenvalue weighted by Gasteiger charge is -2.22. The van der Waals surface area contributed by atoms with E-state index in [1.165, 1.54) is 17.2 Å². The monoisotopic (exact) mass is 285 g/mol. The summed E-state index contributed by atoms with van der Waals surface area (Å²) in [5, 5.41) is 3.61. The molecule has 0 aliphatic rings. The Morgan fingerprint density at radius 3 is 2.57 bits per heavy atom. The molecule has 2 rings (SSSR count). The Balaban J connectivity index is 2.25. The molecule has 0 aliphatic carbocycles. The van der Waals surface area contributed by atoms with Gasteiger partial charge in [0.25, 0.3) is 0 Å². The van der Waals surface area contributed by atoms with Crippen molar-refractivity contribution in [2.75, 3.05) is 6.54 Å². The number of nitrogens with one attached hydrogen (secondary N) is 1. The number of hydrogen-bond donors (Lipinski definition) is 1. The van der Waals surface area contributed by atoms with Crippen molar-refractivity contribution in [3.05, 3.63) is 71.0 Å². The van der Waals surface area contributed by atoms with Crippen molar-refractivity contribution in [2.45, 2.75) is 39.2 Å². The molecule has 1 unspecified atom stereocenters. The number of aryl methyl sites for hydroxylation is 1. The highest BCUT2D eigenvalue weighted by atomic mass is 19.1. The zero-order valence-electron chi connectivity index (χ0n) is 12.9. The molecule has 1 atom stereocenters. The molecule has 0 radical (unpaired) electrons. The molecule has 0 bridgehead atoms. The maximum atomic E-state index is 13.4. The number of halogens is 1. The second kappa shape index (κ2) is 7.94. The summed E-state index contributed by atoms with van der Waals surface area (Å²) < 4.78 is 13.4. The average Bonchev–Trinajstić information content (AvgIpc) is 2.51. The van der Waals surface area contributed by atoms with E-state index in [9.17, 15) is 4.39 Å². The van der Waals surface area contributed by atoms with Gasteiger partial charge in [-0.2, -0.15) is 0 Å². The van der Waals surface area contributed by atoms with Gasteiger partial charge in [-0.05, 0) is 54.6 Å². The summed E-state index contributed by atoms with van der Waals surface area (Å²) in [4.78, 5) is 0. The first-order valence-corrected chi connectivity index (χ1v) is 7.80. The quantitative estimate of drug-likeness (QED) is 0.779. The number of rotatable bonds is 7. The minimum Gasteiger partial charge on any atom is -0.310 e. The molecule has 1 nitrogen and oxygen atoms in total. The van der Waals surface area contributed by atoms with Crippen LogP contribution in [0.4, 0.5) is 4.39 Å². The van der Waals surface area contributed by atoms with Crippen molar-refractivity contribution in [3.8, 4) is 0 Å². The predicted molar refractivity (Wildman–Crippen MR) is 87.0 cm³/mol. The van der Waals surface area contributed by atoms with Gasteiger partial charge in [-0.1, -0.05) is 50.2 Å². The molecule has 0 fully saturated rings. The van der Waals surface area contributed by atoms with E-state index in [-0.39, 0.29) is 11.9 Å². The van der Waals surface area contributed by atoms with Gasteiger partial charge in [0.05, 0.1) is 0 Å². The fourth-order valence-corrected chi connectivity index (χ4v) is 2.71. The van der Waals surface area contributed by atoms with E-state index >= 15 is 0 Å². The zero-order chi connectivity index (χ0) is 15.1. The maximum Gasteiger partial charge on any atom is 0.123 e. The molecule has 0 saturated carbocycles. The van der Waals surface area contributed by atoms with Gasteiger partial charge < -0.3 is 5.32 Å². The third kappa shape index (κ3) is 4.40. The van der Waals surface area contributed by atoms with Gasteiger partial charge >= 0.3 is 0 Å². The maximum absolute atomic E-state index is 13.4. The Hall–Kier alpha value is -1.67. The SMILES string of the molecule is CCCNC(Cc1cccc(F)c1)c1ccccc1CC. The van der Waals surface area contributed by atoms with Gasteiger partial charge in [-0.25, -0.2) is 4.39 Å². The van der Waals surface area contributed by atoms with Crippen LogP contribution in [0.3, 0.4) is 0 Å². The molecular weight excluding hydrogens is 261 g/mol. The second-order valence-corrected chi connectivity index (χ2v) is 5.39. The van der Waals surface area contributed by atoms with Gasteiger partial charge in [0.2, 0.25) is 0 Å². The third-order valence-electron chi connectivity index (χ3n) is 3.78. The molecule has 0 spiro atoms. The van der Waals surface area contributed by atoms with Crippen LogP contribution in [0.15, 0.2) is 48.5 Å². The lowest BCUT2D eigenvalue weighted by Crippen LogP contribution is -2.25. The third-order valence-corrected chi connectivity index (χ3v) is 3.78. The Labute approximate surface area is 127 Å². The predicted octanol–water partition coefficient (Wildman–Crippen LogP) is 4.67. The molecule has 0 aliphatic heterocycles. The summed E-state index contributed by atoms with van der Waals surface area (Å²) in [7, 11) is 0. The van der Waals surface area contributed by atoms with Crippen LogP contribution in [0.1, 0.15) is 43.0 Å². The molecule has 0 amide bonds. The lowest BCUT2D eigenvalue weighted by molar-refractivity contribution is 0.524. The highest BCUT2D eigenvalue weighted by molar-refractivity contribution is 5.32. The molecule has 21 heavy (non-hydrogen) atoms. The average molecular weight is 285 g/mol. The smallest absolute Gasteiger partial charge is 0.123 e. The van der Waals surface area contributed by atoms with Crippen molar-refractivity contribution < 1.29 is 4.39 Å². The molecule has 2 aromatic rings. The largest absolute Gasteiger partial charge is 0.310 e. The van der Waals surface area contributed by atoms with Gasteiger partial charge in [-0.15, -0.1) is 0 Å².